The lowest BCUT2D eigenvalue weighted by atomic mass is 10.3. The van der Waals surface area contributed by atoms with E-state index in [-0.39, 0.29) is 11.8 Å². The Labute approximate surface area is 122 Å². The zero-order valence-corrected chi connectivity index (χ0v) is 11.8. The predicted molar refractivity (Wildman–Crippen MR) is 80.1 cm³/mol. The smallest absolute Gasteiger partial charge is 0.236 e. The van der Waals surface area contributed by atoms with Crippen molar-refractivity contribution < 1.29 is 4.39 Å². The summed E-state index contributed by atoms with van der Waals surface area (Å²) in [6.07, 6.45) is 2.23. The van der Waals surface area contributed by atoms with Crippen LogP contribution in [-0.4, -0.2) is 35.1 Å². The molecule has 110 valence electrons. The van der Waals surface area contributed by atoms with Crippen molar-refractivity contribution in [2.45, 2.75) is 12.8 Å². The first-order valence-corrected chi connectivity index (χ1v) is 6.90. The third kappa shape index (κ3) is 2.72. The van der Waals surface area contributed by atoms with Crippen LogP contribution in [-0.2, 0) is 0 Å². The van der Waals surface area contributed by atoms with E-state index in [0.29, 0.717) is 17.6 Å². The number of nitrogens with zero attached hydrogens (tertiary/aromatic N) is 5. The molecule has 2 N–H and O–H groups in total. The van der Waals surface area contributed by atoms with Crippen molar-refractivity contribution in [3.05, 3.63) is 30.1 Å². The lowest BCUT2D eigenvalue weighted by molar-refractivity contribution is 0.626. The molecule has 1 fully saturated rings. The Morgan fingerprint density at radius 2 is 1.86 bits per heavy atom. The number of nitrogens with two attached hydrogens (primary N) is 1. The van der Waals surface area contributed by atoms with Gasteiger partial charge in [-0.2, -0.15) is 15.0 Å². The number of rotatable bonds is 3. The summed E-state index contributed by atoms with van der Waals surface area (Å²) in [5.74, 6) is 0.708. The minimum absolute atomic E-state index is 0.144. The zero-order chi connectivity index (χ0) is 14.8. The van der Waals surface area contributed by atoms with E-state index in [2.05, 4.69) is 19.9 Å². The summed E-state index contributed by atoms with van der Waals surface area (Å²) in [4.78, 5) is 16.3. The van der Waals surface area contributed by atoms with E-state index in [0.717, 1.165) is 25.9 Å². The molecule has 2 heterocycles. The summed E-state index contributed by atoms with van der Waals surface area (Å²) in [6, 6.07) is 6.48. The predicted octanol–water partition coefficient (Wildman–Crippen LogP) is 1.96. The molecule has 0 bridgehead atoms. The molecule has 1 aliphatic rings. The quantitative estimate of drug-likeness (QED) is 0.931. The number of anilines is 4. The summed E-state index contributed by atoms with van der Waals surface area (Å²) in [5.41, 5.74) is 6.17. The minimum atomic E-state index is -0.332. The Balaban J connectivity index is 1.96. The van der Waals surface area contributed by atoms with Crippen molar-refractivity contribution in [3.63, 3.8) is 0 Å². The Bertz CT molecular complexity index is 641. The molecule has 21 heavy (non-hydrogen) atoms. The molecule has 0 radical (unpaired) electrons. The first-order chi connectivity index (χ1) is 10.1. The third-order valence-corrected chi connectivity index (χ3v) is 3.53. The molecule has 2 aromatic rings. The molecule has 6 nitrogen and oxygen atoms in total. The largest absolute Gasteiger partial charge is 0.368 e. The number of hydrogen-bond donors (Lipinski definition) is 1. The molecule has 1 aromatic heterocycles. The van der Waals surface area contributed by atoms with Crippen molar-refractivity contribution >= 4 is 23.5 Å². The fraction of sp³-hybridized carbons (Fsp3) is 0.357. The number of hydrogen-bond acceptors (Lipinski definition) is 6. The van der Waals surface area contributed by atoms with Gasteiger partial charge in [-0.15, -0.1) is 0 Å². The highest BCUT2D eigenvalue weighted by Crippen LogP contribution is 2.25. The number of benzene rings is 1. The molecule has 1 aromatic carbocycles. The van der Waals surface area contributed by atoms with Gasteiger partial charge in [-0.1, -0.05) is 12.1 Å². The van der Waals surface area contributed by atoms with Crippen LogP contribution in [0.4, 0.5) is 27.9 Å². The first-order valence-electron chi connectivity index (χ1n) is 6.90. The summed E-state index contributed by atoms with van der Waals surface area (Å²) < 4.78 is 13.9. The highest BCUT2D eigenvalue weighted by atomic mass is 19.1. The van der Waals surface area contributed by atoms with Gasteiger partial charge in [0, 0.05) is 20.1 Å². The van der Waals surface area contributed by atoms with Crippen molar-refractivity contribution in [2.75, 3.05) is 35.7 Å². The molecule has 1 saturated heterocycles. The van der Waals surface area contributed by atoms with Gasteiger partial charge in [0.2, 0.25) is 17.8 Å². The topological polar surface area (TPSA) is 71.2 Å². The van der Waals surface area contributed by atoms with Gasteiger partial charge in [-0.05, 0) is 25.0 Å². The van der Waals surface area contributed by atoms with Gasteiger partial charge in [0.1, 0.15) is 5.82 Å². The van der Waals surface area contributed by atoms with Crippen molar-refractivity contribution in [2.24, 2.45) is 0 Å². The summed E-state index contributed by atoms with van der Waals surface area (Å²) >= 11 is 0. The number of nitrogen functional groups attached to an aromatic ring is 1. The molecule has 0 aliphatic carbocycles. The van der Waals surface area contributed by atoms with Crippen molar-refractivity contribution in [1.82, 2.24) is 15.0 Å². The number of halogens is 1. The highest BCUT2D eigenvalue weighted by molar-refractivity contribution is 5.58. The van der Waals surface area contributed by atoms with E-state index < -0.39 is 0 Å². The average molecular weight is 288 g/mol. The normalized spacial score (nSPS) is 14.5. The van der Waals surface area contributed by atoms with Crippen LogP contribution in [0.1, 0.15) is 12.8 Å². The lowest BCUT2D eigenvalue weighted by Gasteiger charge is -2.21. The molecular weight excluding hydrogens is 271 g/mol. The van der Waals surface area contributed by atoms with Crippen LogP contribution >= 0.6 is 0 Å². The Morgan fingerprint density at radius 3 is 2.57 bits per heavy atom. The van der Waals surface area contributed by atoms with Gasteiger partial charge in [0.15, 0.2) is 0 Å². The molecule has 0 amide bonds. The molecule has 7 heteroatoms. The second-order valence-electron chi connectivity index (χ2n) is 5.00. The SMILES string of the molecule is CN(c1nc(N)nc(N2CCCC2)n1)c1ccccc1F. The van der Waals surface area contributed by atoms with Crippen LogP contribution in [0.3, 0.4) is 0 Å². The maximum absolute atomic E-state index is 13.9. The van der Waals surface area contributed by atoms with E-state index in [4.69, 9.17) is 5.73 Å². The molecule has 0 saturated carbocycles. The molecule has 0 atom stereocenters. The third-order valence-electron chi connectivity index (χ3n) is 3.53. The minimum Gasteiger partial charge on any atom is -0.368 e. The maximum atomic E-state index is 13.9. The Hall–Kier alpha value is -2.44. The van der Waals surface area contributed by atoms with Gasteiger partial charge in [0.25, 0.3) is 0 Å². The molecule has 3 rings (SSSR count). The van der Waals surface area contributed by atoms with Crippen LogP contribution < -0.4 is 15.5 Å². The fourth-order valence-electron chi connectivity index (χ4n) is 2.41. The number of aromatic nitrogens is 3. The Kier molecular flexibility index (Phi) is 3.55. The van der Waals surface area contributed by atoms with Gasteiger partial charge in [-0.25, -0.2) is 4.39 Å². The van der Waals surface area contributed by atoms with E-state index >= 15 is 0 Å². The van der Waals surface area contributed by atoms with Crippen LogP contribution in [0.25, 0.3) is 0 Å². The van der Waals surface area contributed by atoms with Crippen LogP contribution in [0.5, 0.6) is 0 Å². The van der Waals surface area contributed by atoms with Crippen LogP contribution in [0.2, 0.25) is 0 Å². The van der Waals surface area contributed by atoms with Crippen molar-refractivity contribution in [3.8, 4) is 0 Å². The van der Waals surface area contributed by atoms with Gasteiger partial charge < -0.3 is 15.5 Å². The highest BCUT2D eigenvalue weighted by Gasteiger charge is 2.19. The average Bonchev–Trinajstić information content (AvgIpc) is 3.01. The van der Waals surface area contributed by atoms with Gasteiger partial charge in [0.05, 0.1) is 5.69 Å². The molecule has 1 aliphatic heterocycles. The summed E-state index contributed by atoms with van der Waals surface area (Å²) in [5, 5.41) is 0. The molecule has 0 unspecified atom stereocenters. The second-order valence-corrected chi connectivity index (χ2v) is 5.00. The second kappa shape index (κ2) is 5.51. The monoisotopic (exact) mass is 288 g/mol. The molecule has 0 spiro atoms. The fourth-order valence-corrected chi connectivity index (χ4v) is 2.41. The first kappa shape index (κ1) is 13.5. The molecular formula is C14H17FN6. The zero-order valence-electron chi connectivity index (χ0n) is 11.8. The summed E-state index contributed by atoms with van der Waals surface area (Å²) in [6.45, 7) is 1.82. The van der Waals surface area contributed by atoms with Gasteiger partial charge >= 0.3 is 0 Å². The van der Waals surface area contributed by atoms with Crippen LogP contribution in [0.15, 0.2) is 24.3 Å². The lowest BCUT2D eigenvalue weighted by Crippen LogP contribution is -2.24. The van der Waals surface area contributed by atoms with E-state index in [9.17, 15) is 4.39 Å². The standard InChI is InChI=1S/C14H17FN6/c1-20(11-7-3-2-6-10(11)15)13-17-12(16)18-14(19-13)21-8-4-5-9-21/h2-3,6-7H,4-5,8-9H2,1H3,(H2,16,17,18,19). The van der Waals surface area contributed by atoms with Crippen LogP contribution in [0, 0.1) is 5.82 Å². The maximum Gasteiger partial charge on any atom is 0.236 e. The summed E-state index contributed by atoms with van der Waals surface area (Å²) in [7, 11) is 1.71. The van der Waals surface area contributed by atoms with Gasteiger partial charge in [-0.3, -0.25) is 0 Å². The Morgan fingerprint density at radius 1 is 1.14 bits per heavy atom. The van der Waals surface area contributed by atoms with E-state index in [1.54, 1.807) is 30.1 Å². The van der Waals surface area contributed by atoms with E-state index in [1.807, 2.05) is 0 Å². The number of para-hydroxylation sites is 1. The van der Waals surface area contributed by atoms with Crippen molar-refractivity contribution in [1.29, 1.82) is 0 Å². The van der Waals surface area contributed by atoms with E-state index in [1.165, 1.54) is 6.07 Å².